The largest absolute Gasteiger partial charge is 0.398 e. The molecule has 0 atom stereocenters. The average Bonchev–Trinajstić information content (AvgIpc) is 2.42. The van der Waals surface area contributed by atoms with Gasteiger partial charge in [0, 0.05) is 25.8 Å². The summed E-state index contributed by atoms with van der Waals surface area (Å²) in [6.07, 6.45) is 0. The van der Waals surface area contributed by atoms with E-state index in [2.05, 4.69) is 21.2 Å². The molecule has 0 radical (unpaired) electrons. The summed E-state index contributed by atoms with van der Waals surface area (Å²) >= 11 is 10.6. The molecular weight excluding hydrogens is 360 g/mol. The Balaban J connectivity index is 1.92. The molecule has 0 unspecified atom stereocenters. The predicted octanol–water partition coefficient (Wildman–Crippen LogP) is 4.42. The lowest BCUT2D eigenvalue weighted by Gasteiger charge is -2.07. The third kappa shape index (κ3) is 4.44. The zero-order chi connectivity index (χ0) is 14.5. The zero-order valence-electron chi connectivity index (χ0n) is 10.4. The van der Waals surface area contributed by atoms with E-state index in [9.17, 15) is 4.79 Å². The van der Waals surface area contributed by atoms with E-state index in [-0.39, 0.29) is 5.91 Å². The van der Waals surface area contributed by atoms with Gasteiger partial charge in [-0.2, -0.15) is 0 Å². The fourth-order valence-corrected chi connectivity index (χ4v) is 2.95. The van der Waals surface area contributed by atoms with Crippen molar-refractivity contribution in [3.63, 3.8) is 0 Å². The summed E-state index contributed by atoms with van der Waals surface area (Å²) in [7, 11) is 0. The average molecular weight is 372 g/mol. The highest BCUT2D eigenvalue weighted by Crippen LogP contribution is 2.28. The first kappa shape index (κ1) is 15.2. The minimum atomic E-state index is -0.0864. The highest BCUT2D eigenvalue weighted by molar-refractivity contribution is 9.10. The molecule has 1 amide bonds. The Hall–Kier alpha value is -1.17. The summed E-state index contributed by atoms with van der Waals surface area (Å²) in [5.74, 6) is 0.209. The number of rotatable bonds is 4. The quantitative estimate of drug-likeness (QED) is 0.618. The summed E-state index contributed by atoms with van der Waals surface area (Å²) in [6, 6.07) is 12.6. The number of thioether (sulfide) groups is 1. The van der Waals surface area contributed by atoms with Crippen molar-refractivity contribution in [3.8, 4) is 0 Å². The lowest BCUT2D eigenvalue weighted by atomic mass is 10.3. The summed E-state index contributed by atoms with van der Waals surface area (Å²) in [5.41, 5.74) is 7.25. The third-order valence-corrected chi connectivity index (χ3v) is 4.28. The molecule has 0 aliphatic carbocycles. The van der Waals surface area contributed by atoms with Crippen molar-refractivity contribution in [1.29, 1.82) is 0 Å². The molecule has 2 rings (SSSR count). The van der Waals surface area contributed by atoms with E-state index in [0.29, 0.717) is 16.5 Å². The van der Waals surface area contributed by atoms with Crippen LogP contribution in [0.4, 0.5) is 11.4 Å². The van der Waals surface area contributed by atoms with E-state index in [1.807, 2.05) is 18.2 Å². The number of carbonyl (C=O) groups is 1. The molecule has 3 N–H and O–H groups in total. The van der Waals surface area contributed by atoms with Crippen molar-refractivity contribution in [3.05, 3.63) is 52.0 Å². The molecule has 2 aromatic rings. The van der Waals surface area contributed by atoms with E-state index in [1.54, 1.807) is 24.3 Å². The Morgan fingerprint density at radius 3 is 2.65 bits per heavy atom. The van der Waals surface area contributed by atoms with Crippen LogP contribution >= 0.6 is 39.3 Å². The van der Waals surface area contributed by atoms with Crippen molar-refractivity contribution < 1.29 is 4.79 Å². The third-order valence-electron chi connectivity index (χ3n) is 2.46. The first-order valence-corrected chi connectivity index (χ1v) is 7.93. The second-order valence-corrected chi connectivity index (χ2v) is 6.40. The smallest absolute Gasteiger partial charge is 0.234 e. The van der Waals surface area contributed by atoms with E-state index in [4.69, 9.17) is 17.3 Å². The first-order chi connectivity index (χ1) is 9.54. The highest BCUT2D eigenvalue weighted by Gasteiger charge is 2.06. The van der Waals surface area contributed by atoms with Gasteiger partial charge in [-0.3, -0.25) is 4.79 Å². The molecule has 104 valence electrons. The van der Waals surface area contributed by atoms with Crippen LogP contribution in [-0.2, 0) is 4.79 Å². The van der Waals surface area contributed by atoms with Crippen molar-refractivity contribution >= 4 is 56.6 Å². The molecule has 0 heterocycles. The lowest BCUT2D eigenvalue weighted by Crippen LogP contribution is -2.13. The topological polar surface area (TPSA) is 55.1 Å². The van der Waals surface area contributed by atoms with Crippen LogP contribution in [0.2, 0.25) is 5.02 Å². The van der Waals surface area contributed by atoms with E-state index >= 15 is 0 Å². The molecule has 0 fully saturated rings. The van der Waals surface area contributed by atoms with Gasteiger partial charge in [0.25, 0.3) is 0 Å². The predicted molar refractivity (Wildman–Crippen MR) is 89.4 cm³/mol. The van der Waals surface area contributed by atoms with Crippen LogP contribution in [-0.4, -0.2) is 11.7 Å². The standard InChI is InChI=1S/C14H12BrClN2OS/c15-9-1-6-12(17)13(7-9)20-8-14(19)18-11-4-2-10(16)3-5-11/h1-7H,8,17H2,(H,18,19). The molecule has 2 aromatic carbocycles. The van der Waals surface area contributed by atoms with Gasteiger partial charge in [-0.15, -0.1) is 11.8 Å². The zero-order valence-corrected chi connectivity index (χ0v) is 13.6. The number of hydrogen-bond donors (Lipinski definition) is 2. The van der Waals surface area contributed by atoms with E-state index in [0.717, 1.165) is 15.1 Å². The van der Waals surface area contributed by atoms with Gasteiger partial charge < -0.3 is 11.1 Å². The van der Waals surface area contributed by atoms with Crippen LogP contribution in [0.1, 0.15) is 0 Å². The van der Waals surface area contributed by atoms with E-state index < -0.39 is 0 Å². The number of benzene rings is 2. The Morgan fingerprint density at radius 2 is 1.95 bits per heavy atom. The van der Waals surface area contributed by atoms with Crippen LogP contribution in [0, 0.1) is 0 Å². The SMILES string of the molecule is Nc1ccc(Br)cc1SCC(=O)Nc1ccc(Cl)cc1. The maximum atomic E-state index is 11.8. The number of hydrogen-bond acceptors (Lipinski definition) is 3. The number of amides is 1. The molecule has 0 saturated heterocycles. The van der Waals surface area contributed by atoms with Crippen molar-refractivity contribution in [2.75, 3.05) is 16.8 Å². The number of halogens is 2. The van der Waals surface area contributed by atoms with Crippen molar-refractivity contribution in [2.24, 2.45) is 0 Å². The monoisotopic (exact) mass is 370 g/mol. The summed E-state index contributed by atoms with van der Waals surface area (Å²) in [4.78, 5) is 12.7. The summed E-state index contributed by atoms with van der Waals surface area (Å²) in [6.45, 7) is 0. The molecule has 0 aliphatic heterocycles. The molecule has 3 nitrogen and oxygen atoms in total. The number of nitrogens with two attached hydrogens (primary N) is 1. The Morgan fingerprint density at radius 1 is 1.25 bits per heavy atom. The number of nitrogens with one attached hydrogen (secondary N) is 1. The highest BCUT2D eigenvalue weighted by atomic mass is 79.9. The van der Waals surface area contributed by atoms with Gasteiger partial charge in [0.1, 0.15) is 0 Å². The van der Waals surface area contributed by atoms with Crippen molar-refractivity contribution in [2.45, 2.75) is 4.90 Å². The number of carbonyl (C=O) groups excluding carboxylic acids is 1. The van der Waals surface area contributed by atoms with Gasteiger partial charge in [0.05, 0.1) is 5.75 Å². The Kier molecular flexibility index (Phi) is 5.34. The summed E-state index contributed by atoms with van der Waals surface area (Å²) in [5, 5.41) is 3.44. The van der Waals surface area contributed by atoms with Gasteiger partial charge in [-0.1, -0.05) is 27.5 Å². The maximum Gasteiger partial charge on any atom is 0.234 e. The summed E-state index contributed by atoms with van der Waals surface area (Å²) < 4.78 is 0.937. The number of nitrogen functional groups attached to an aromatic ring is 1. The molecule has 0 aromatic heterocycles. The minimum Gasteiger partial charge on any atom is -0.398 e. The fraction of sp³-hybridized carbons (Fsp3) is 0.0714. The van der Waals surface area contributed by atoms with Gasteiger partial charge >= 0.3 is 0 Å². The van der Waals surface area contributed by atoms with Crippen LogP contribution in [0.3, 0.4) is 0 Å². The molecule has 0 bridgehead atoms. The Labute approximate surface area is 135 Å². The lowest BCUT2D eigenvalue weighted by molar-refractivity contribution is -0.113. The van der Waals surface area contributed by atoms with Gasteiger partial charge in [0.15, 0.2) is 0 Å². The van der Waals surface area contributed by atoms with Gasteiger partial charge in [-0.25, -0.2) is 0 Å². The first-order valence-electron chi connectivity index (χ1n) is 5.78. The second-order valence-electron chi connectivity index (χ2n) is 4.03. The minimum absolute atomic E-state index is 0.0864. The molecule has 6 heteroatoms. The van der Waals surface area contributed by atoms with Crippen LogP contribution in [0.5, 0.6) is 0 Å². The molecule has 20 heavy (non-hydrogen) atoms. The van der Waals surface area contributed by atoms with Crippen LogP contribution in [0.25, 0.3) is 0 Å². The second kappa shape index (κ2) is 7.02. The van der Waals surface area contributed by atoms with Crippen LogP contribution < -0.4 is 11.1 Å². The van der Waals surface area contributed by atoms with Crippen molar-refractivity contribution in [1.82, 2.24) is 0 Å². The fourth-order valence-electron chi connectivity index (χ4n) is 1.51. The van der Waals surface area contributed by atoms with Crippen LogP contribution in [0.15, 0.2) is 51.8 Å². The molecular formula is C14H12BrClN2OS. The molecule has 0 spiro atoms. The van der Waals surface area contributed by atoms with Gasteiger partial charge in [-0.05, 0) is 42.5 Å². The van der Waals surface area contributed by atoms with Gasteiger partial charge in [0.2, 0.25) is 5.91 Å². The van der Waals surface area contributed by atoms with E-state index in [1.165, 1.54) is 11.8 Å². The normalized spacial score (nSPS) is 10.3. The number of anilines is 2. The molecule has 0 saturated carbocycles. The maximum absolute atomic E-state index is 11.8. The molecule has 0 aliphatic rings. The Bertz CT molecular complexity index is 619.